The van der Waals surface area contributed by atoms with Crippen LogP contribution in [0.25, 0.3) is 44.5 Å². The highest BCUT2D eigenvalue weighted by molar-refractivity contribution is 6.67. The van der Waals surface area contributed by atoms with E-state index >= 15 is 0 Å². The van der Waals surface area contributed by atoms with Crippen molar-refractivity contribution in [3.63, 3.8) is 0 Å². The standard InChI is InChI=1S/C24H23N3O4.C20H15N3O5.C20H19N3O.C12H9N3O4.C8H7ClO/c1-15-4-6-18(7-5-15)23(29)27-22-14-20(26-24(30)31-3)12-13-21(22)17-8-10-19(11-9-17)25-16(2)28;1-13-2-4-15(5-3-13)20(24)21-19-12-17(23(27)28)10-11-18(19)14-6-8-16(9-7-14)22(25)26;1-13-2-4-15(5-3-13)20(24)23-19-12-17(22)10-11-18(19)14-6-8-16(21)9-7-14;13-12-7-10(15(18)19)5-6-11(12)8-1-3-9(4-2-8)14(16)17;1-6-2-4-7(5-3-6)8(9)10/h4-14H,1-3H3,(H,25,28)(H,26,30)(H,27,29);2-12H,1H3,(H,21,24);2-12H,21-22H2,1H3,(H,23,24);1-7H,13H2;2-5H,1H3. The Hall–Kier alpha value is -15.3. The molecule has 112 heavy (non-hydrogen) atoms. The summed E-state index contributed by atoms with van der Waals surface area (Å²) in [7, 11) is 1.28. The summed E-state index contributed by atoms with van der Waals surface area (Å²) < 4.78 is 4.64. The number of carbonyl (C=O) groups excluding carboxylic acids is 6. The molecule has 0 radical (unpaired) electrons. The van der Waals surface area contributed by atoms with Crippen LogP contribution in [0.5, 0.6) is 0 Å². The lowest BCUT2D eigenvalue weighted by molar-refractivity contribution is -0.385. The van der Waals surface area contributed by atoms with Crippen molar-refractivity contribution >= 4 is 115 Å². The molecule has 0 saturated heterocycles. The molecule has 11 N–H and O–H groups in total. The molecular weight excluding hydrogens is 1450 g/mol. The Morgan fingerprint density at radius 1 is 0.330 bits per heavy atom. The highest BCUT2D eigenvalue weighted by Crippen LogP contribution is 2.37. The Balaban J connectivity index is 0.000000182. The molecule has 0 atom stereocenters. The second-order valence-electron chi connectivity index (χ2n) is 24.8. The monoisotopic (exact) mass is 1520 g/mol. The van der Waals surface area contributed by atoms with Gasteiger partial charge in [0.15, 0.2) is 0 Å². The Morgan fingerprint density at radius 2 is 0.634 bits per heavy atom. The zero-order chi connectivity index (χ0) is 81.3. The molecule has 0 aliphatic carbocycles. The summed E-state index contributed by atoms with van der Waals surface area (Å²) in [6.45, 7) is 9.24. The van der Waals surface area contributed by atoms with E-state index < -0.39 is 36.9 Å². The Morgan fingerprint density at radius 3 is 1.01 bits per heavy atom. The molecule has 0 aliphatic heterocycles. The van der Waals surface area contributed by atoms with E-state index in [1.54, 1.807) is 109 Å². The minimum Gasteiger partial charge on any atom is -0.453 e. The van der Waals surface area contributed by atoms with Crippen LogP contribution < -0.4 is 43.8 Å². The van der Waals surface area contributed by atoms with Crippen molar-refractivity contribution < 1.29 is 53.2 Å². The number of nitrogens with one attached hydrogen (secondary N) is 5. The first-order chi connectivity index (χ1) is 53.4. The largest absolute Gasteiger partial charge is 0.453 e. The molecule has 12 rings (SSSR count). The molecule has 0 fully saturated rings. The van der Waals surface area contributed by atoms with Crippen LogP contribution in [-0.4, -0.2) is 61.8 Å². The summed E-state index contributed by atoms with van der Waals surface area (Å²) in [5.74, 6) is -1.01. The van der Waals surface area contributed by atoms with E-state index in [-0.39, 0.29) is 51.8 Å². The summed E-state index contributed by atoms with van der Waals surface area (Å²) >= 11 is 5.22. The van der Waals surface area contributed by atoms with Crippen molar-refractivity contribution in [3.8, 4) is 44.5 Å². The average molecular weight is 1530 g/mol. The fourth-order valence-corrected chi connectivity index (χ4v) is 10.6. The molecule has 566 valence electrons. The highest BCUT2D eigenvalue weighted by Gasteiger charge is 2.20. The smallest absolute Gasteiger partial charge is 0.411 e. The maximum atomic E-state index is 12.8. The number of benzene rings is 12. The number of anilines is 8. The third kappa shape index (κ3) is 23.9. The van der Waals surface area contributed by atoms with Gasteiger partial charge in [-0.05, 0) is 195 Å². The molecule has 0 unspecified atom stereocenters. The number of hydrogen-bond acceptors (Lipinski definition) is 18. The third-order valence-electron chi connectivity index (χ3n) is 16.4. The van der Waals surface area contributed by atoms with E-state index in [4.69, 9.17) is 28.8 Å². The number of carbonyl (C=O) groups is 6. The van der Waals surface area contributed by atoms with E-state index in [1.165, 1.54) is 86.8 Å². The second-order valence-corrected chi connectivity index (χ2v) is 25.1. The number of nitrogens with two attached hydrogens (primary N) is 3. The van der Waals surface area contributed by atoms with Crippen LogP contribution in [0.15, 0.2) is 267 Å². The third-order valence-corrected chi connectivity index (χ3v) is 16.7. The molecule has 27 nitrogen and oxygen atoms in total. The Bertz CT molecular complexity index is 5440. The van der Waals surface area contributed by atoms with Gasteiger partial charge in [-0.3, -0.25) is 69.7 Å². The van der Waals surface area contributed by atoms with Crippen LogP contribution in [0.4, 0.5) is 73.0 Å². The van der Waals surface area contributed by atoms with E-state index in [0.29, 0.717) is 78.6 Å². The Labute approximate surface area is 646 Å². The first-order valence-corrected chi connectivity index (χ1v) is 34.1. The van der Waals surface area contributed by atoms with Crippen LogP contribution >= 0.6 is 11.6 Å². The van der Waals surface area contributed by atoms with E-state index in [0.717, 1.165) is 44.5 Å². The van der Waals surface area contributed by atoms with Gasteiger partial charge in [0, 0.05) is 128 Å². The number of rotatable bonds is 17. The maximum absolute atomic E-state index is 12.8. The van der Waals surface area contributed by atoms with Gasteiger partial charge in [0.1, 0.15) is 0 Å². The number of amides is 5. The van der Waals surface area contributed by atoms with Crippen LogP contribution in [0, 0.1) is 68.2 Å². The summed E-state index contributed by atoms with van der Waals surface area (Å²) in [6.07, 6.45) is -0.608. The normalized spacial score (nSPS) is 10.2. The molecule has 12 aromatic rings. The van der Waals surface area contributed by atoms with Gasteiger partial charge in [0.25, 0.3) is 45.7 Å². The van der Waals surface area contributed by atoms with Gasteiger partial charge >= 0.3 is 6.09 Å². The molecule has 0 bridgehead atoms. The van der Waals surface area contributed by atoms with Crippen LogP contribution in [-0.2, 0) is 9.53 Å². The summed E-state index contributed by atoms with van der Waals surface area (Å²) in [5, 5.41) is 56.6. The lowest BCUT2D eigenvalue weighted by atomic mass is 10.0. The predicted octanol–water partition coefficient (Wildman–Crippen LogP) is 19.0. The first-order valence-electron chi connectivity index (χ1n) is 33.8. The number of hydrogen-bond donors (Lipinski definition) is 8. The number of methoxy groups -OCH3 is 1. The topological polar surface area (TPSA) is 422 Å². The zero-order valence-corrected chi connectivity index (χ0v) is 61.7. The van der Waals surface area contributed by atoms with Crippen LogP contribution in [0.1, 0.15) is 70.6 Å². The van der Waals surface area contributed by atoms with Gasteiger partial charge < -0.3 is 43.2 Å². The predicted molar refractivity (Wildman–Crippen MR) is 436 cm³/mol. The number of nitro benzene ring substituents is 4. The average Bonchev–Trinajstić information content (AvgIpc) is 0.823. The molecule has 5 amide bonds. The number of aryl methyl sites for hydroxylation is 4. The van der Waals surface area contributed by atoms with Gasteiger partial charge in [0.05, 0.1) is 43.9 Å². The van der Waals surface area contributed by atoms with Gasteiger partial charge in [-0.15, -0.1) is 0 Å². The molecule has 28 heteroatoms. The molecule has 0 heterocycles. The molecule has 0 aromatic heterocycles. The van der Waals surface area contributed by atoms with Crippen LogP contribution in [0.3, 0.4) is 0 Å². The first kappa shape index (κ1) is 82.4. The number of ether oxygens (including phenoxy) is 1. The lowest BCUT2D eigenvalue weighted by Gasteiger charge is -2.14. The fourth-order valence-electron chi connectivity index (χ4n) is 10.5. The minimum absolute atomic E-state index is 0.0239. The quantitative estimate of drug-likeness (QED) is 0.0182. The van der Waals surface area contributed by atoms with Crippen molar-refractivity contribution in [2.75, 3.05) is 50.9 Å². The van der Waals surface area contributed by atoms with Crippen molar-refractivity contribution in [3.05, 3.63) is 352 Å². The molecule has 12 aromatic carbocycles. The van der Waals surface area contributed by atoms with E-state index in [2.05, 4.69) is 31.3 Å². The number of non-ortho nitro benzene ring substituents is 4. The molecule has 0 saturated carbocycles. The number of nitrogens with zero attached hydrogens (tertiary/aromatic N) is 4. The van der Waals surface area contributed by atoms with Crippen molar-refractivity contribution in [2.24, 2.45) is 0 Å². The number of nitrogen functional groups attached to an aromatic ring is 3. The Kier molecular flexibility index (Phi) is 28.6. The molecule has 0 spiro atoms. The number of nitro groups is 4. The van der Waals surface area contributed by atoms with E-state index in [9.17, 15) is 69.2 Å². The van der Waals surface area contributed by atoms with Crippen molar-refractivity contribution in [2.45, 2.75) is 34.6 Å². The molecular formula is C84H73ClN12O15. The molecule has 0 aliphatic rings. The lowest BCUT2D eigenvalue weighted by Crippen LogP contribution is -2.14. The van der Waals surface area contributed by atoms with E-state index in [1.807, 2.05) is 113 Å². The van der Waals surface area contributed by atoms with Crippen LogP contribution in [0.2, 0.25) is 0 Å². The second kappa shape index (κ2) is 38.8. The fraction of sp³-hybridized carbons (Fsp3) is 0.0714. The van der Waals surface area contributed by atoms with Gasteiger partial charge in [0.2, 0.25) is 5.91 Å². The summed E-state index contributed by atoms with van der Waals surface area (Å²) in [4.78, 5) is 112. The summed E-state index contributed by atoms with van der Waals surface area (Å²) in [5.41, 5.74) is 33.3. The minimum atomic E-state index is -0.608. The van der Waals surface area contributed by atoms with Crippen molar-refractivity contribution in [1.29, 1.82) is 0 Å². The number of halogens is 1. The zero-order valence-electron chi connectivity index (χ0n) is 60.9. The van der Waals surface area contributed by atoms with Gasteiger partial charge in [-0.2, -0.15) is 0 Å². The van der Waals surface area contributed by atoms with Crippen molar-refractivity contribution in [1.82, 2.24) is 0 Å². The highest BCUT2D eigenvalue weighted by atomic mass is 35.5. The summed E-state index contributed by atoms with van der Waals surface area (Å²) in [6, 6.07) is 73.9. The van der Waals surface area contributed by atoms with Gasteiger partial charge in [-0.25, -0.2) is 4.79 Å². The maximum Gasteiger partial charge on any atom is 0.411 e. The SMILES string of the molecule is COC(=O)Nc1ccc(-c2ccc(NC(C)=O)cc2)c(NC(=O)c2ccc(C)cc2)c1.Cc1ccc(C(=O)Cl)cc1.Cc1ccc(C(=O)Nc2cc(N)ccc2-c2ccc(N)cc2)cc1.Cc1ccc(C(=O)Nc2cc([N+](=O)[O-])ccc2-c2ccc([N+](=O)[O-])cc2)cc1.Nc1cc([N+](=O)[O-])ccc1-c1ccc([N+](=O)[O-])cc1. The van der Waals surface area contributed by atoms with Gasteiger partial charge in [-0.1, -0.05) is 107 Å².